The normalized spacial score (nSPS) is 12.9. The zero-order valence-electron chi connectivity index (χ0n) is 9.00. The summed E-state index contributed by atoms with van der Waals surface area (Å²) in [5.41, 5.74) is 1.09. The van der Waals surface area contributed by atoms with Crippen LogP contribution in [0.15, 0.2) is 30.3 Å². The van der Waals surface area contributed by atoms with Gasteiger partial charge in [-0.1, -0.05) is 18.2 Å². The molecule has 1 aromatic carbocycles. The van der Waals surface area contributed by atoms with E-state index in [-0.39, 0.29) is 0 Å². The minimum Gasteiger partial charge on any atom is -0.218 e. The topological polar surface area (TPSA) is 3.01 Å². The summed E-state index contributed by atoms with van der Waals surface area (Å²) in [5, 5.41) is 0.836. The maximum Gasteiger partial charge on any atom is 0.277 e. The molecule has 0 saturated carbocycles. The number of halogens is 1. The van der Waals surface area contributed by atoms with Crippen molar-refractivity contribution in [1.82, 2.24) is 0 Å². The third-order valence-corrected chi connectivity index (χ3v) is 2.66. The Morgan fingerprint density at radius 1 is 1.29 bits per heavy atom. The molecule has 1 rings (SSSR count). The predicted molar refractivity (Wildman–Crippen MR) is 62.3 cm³/mol. The summed E-state index contributed by atoms with van der Waals surface area (Å²) in [6.45, 7) is 7.35. The standard InChI is InChI=1S/C12H17ClN/c1-4-14(10(2)3)12(13)11-8-6-5-7-9-11/h5-10H,4H2,1-3H3/q+1. The fourth-order valence-corrected chi connectivity index (χ4v) is 1.91. The number of hydrogen-bond donors (Lipinski definition) is 0. The van der Waals surface area contributed by atoms with E-state index >= 15 is 0 Å². The third kappa shape index (κ3) is 2.58. The van der Waals surface area contributed by atoms with Gasteiger partial charge in [0.2, 0.25) is 0 Å². The minimum absolute atomic E-state index is 0.438. The van der Waals surface area contributed by atoms with Crippen molar-refractivity contribution in [1.29, 1.82) is 0 Å². The van der Waals surface area contributed by atoms with E-state index in [1.54, 1.807) is 0 Å². The van der Waals surface area contributed by atoms with Gasteiger partial charge >= 0.3 is 0 Å². The zero-order chi connectivity index (χ0) is 10.6. The second-order valence-corrected chi connectivity index (χ2v) is 3.89. The molecule has 0 amide bonds. The van der Waals surface area contributed by atoms with Crippen molar-refractivity contribution in [3.8, 4) is 0 Å². The second kappa shape index (κ2) is 5.16. The van der Waals surface area contributed by atoms with Gasteiger partial charge in [0, 0.05) is 0 Å². The van der Waals surface area contributed by atoms with E-state index in [0.717, 1.165) is 17.3 Å². The molecule has 0 aliphatic rings. The van der Waals surface area contributed by atoms with Crippen LogP contribution in [0.2, 0.25) is 0 Å². The molecule has 0 saturated heterocycles. The van der Waals surface area contributed by atoms with Crippen LogP contribution in [0.25, 0.3) is 0 Å². The van der Waals surface area contributed by atoms with E-state index in [4.69, 9.17) is 11.6 Å². The van der Waals surface area contributed by atoms with Crippen molar-refractivity contribution in [3.05, 3.63) is 35.9 Å². The van der Waals surface area contributed by atoms with Crippen LogP contribution in [-0.4, -0.2) is 22.3 Å². The van der Waals surface area contributed by atoms with E-state index in [1.807, 2.05) is 30.3 Å². The van der Waals surface area contributed by atoms with E-state index in [1.165, 1.54) is 0 Å². The van der Waals surface area contributed by atoms with Gasteiger partial charge in [0.1, 0.15) is 12.6 Å². The van der Waals surface area contributed by atoms with Crippen LogP contribution in [0.3, 0.4) is 0 Å². The fourth-order valence-electron chi connectivity index (χ4n) is 1.47. The molecular weight excluding hydrogens is 194 g/mol. The Bertz CT molecular complexity index is 314. The van der Waals surface area contributed by atoms with Gasteiger partial charge in [0.25, 0.3) is 5.17 Å². The quantitative estimate of drug-likeness (QED) is 0.533. The van der Waals surface area contributed by atoms with Crippen LogP contribution in [0.4, 0.5) is 0 Å². The average Bonchev–Trinajstić information content (AvgIpc) is 2.19. The summed E-state index contributed by atoms with van der Waals surface area (Å²) in [4.78, 5) is 0. The van der Waals surface area contributed by atoms with Gasteiger partial charge in [-0.3, -0.25) is 0 Å². The molecule has 0 spiro atoms. The van der Waals surface area contributed by atoms with Gasteiger partial charge in [-0.15, -0.1) is 0 Å². The van der Waals surface area contributed by atoms with Gasteiger partial charge in [-0.2, -0.15) is 0 Å². The van der Waals surface area contributed by atoms with E-state index in [9.17, 15) is 0 Å². The minimum atomic E-state index is 0.438. The maximum atomic E-state index is 6.31. The summed E-state index contributed by atoms with van der Waals surface area (Å²) in [6, 6.07) is 10.5. The van der Waals surface area contributed by atoms with Gasteiger partial charge in [0.15, 0.2) is 0 Å². The summed E-state index contributed by atoms with van der Waals surface area (Å²) in [5.74, 6) is 0. The highest BCUT2D eigenvalue weighted by Crippen LogP contribution is 2.06. The molecule has 0 unspecified atom stereocenters. The van der Waals surface area contributed by atoms with E-state index in [0.29, 0.717) is 6.04 Å². The lowest BCUT2D eigenvalue weighted by Crippen LogP contribution is -2.25. The first-order valence-corrected chi connectivity index (χ1v) is 5.39. The highest BCUT2D eigenvalue weighted by atomic mass is 35.5. The van der Waals surface area contributed by atoms with Crippen LogP contribution in [0, 0.1) is 0 Å². The summed E-state index contributed by atoms with van der Waals surface area (Å²) < 4.78 is 2.18. The van der Waals surface area contributed by atoms with Crippen LogP contribution in [0.1, 0.15) is 26.3 Å². The van der Waals surface area contributed by atoms with Gasteiger partial charge in [-0.05, 0) is 44.5 Å². The largest absolute Gasteiger partial charge is 0.277 e. The Hall–Kier alpha value is -0.820. The highest BCUT2D eigenvalue weighted by molar-refractivity contribution is 6.68. The van der Waals surface area contributed by atoms with Gasteiger partial charge in [-0.25, -0.2) is 4.58 Å². The van der Waals surface area contributed by atoms with Crippen molar-refractivity contribution in [2.45, 2.75) is 26.8 Å². The lowest BCUT2D eigenvalue weighted by atomic mass is 10.2. The van der Waals surface area contributed by atoms with Crippen molar-refractivity contribution in [3.63, 3.8) is 0 Å². The first-order chi connectivity index (χ1) is 6.66. The SMILES string of the molecule is CC[N+](=C(Cl)c1ccccc1)C(C)C. The third-order valence-electron chi connectivity index (χ3n) is 2.23. The van der Waals surface area contributed by atoms with Crippen molar-refractivity contribution >= 4 is 16.8 Å². The molecule has 0 radical (unpaired) electrons. The van der Waals surface area contributed by atoms with Crippen LogP contribution >= 0.6 is 11.6 Å². The van der Waals surface area contributed by atoms with Crippen LogP contribution < -0.4 is 0 Å². The highest BCUT2D eigenvalue weighted by Gasteiger charge is 2.15. The fraction of sp³-hybridized carbons (Fsp3) is 0.417. The molecule has 0 N–H and O–H groups in total. The Labute approximate surface area is 91.0 Å². The van der Waals surface area contributed by atoms with E-state index in [2.05, 4.69) is 25.3 Å². The number of benzene rings is 1. The molecule has 2 heteroatoms. The number of rotatable bonds is 3. The molecule has 0 atom stereocenters. The van der Waals surface area contributed by atoms with Crippen LogP contribution in [0.5, 0.6) is 0 Å². The van der Waals surface area contributed by atoms with Gasteiger partial charge < -0.3 is 0 Å². The Morgan fingerprint density at radius 2 is 1.86 bits per heavy atom. The Morgan fingerprint density at radius 3 is 2.29 bits per heavy atom. The molecule has 0 aliphatic carbocycles. The molecule has 0 aliphatic heterocycles. The van der Waals surface area contributed by atoms with E-state index < -0.39 is 0 Å². The molecule has 0 fully saturated rings. The molecule has 0 heterocycles. The van der Waals surface area contributed by atoms with Crippen LogP contribution in [-0.2, 0) is 0 Å². The van der Waals surface area contributed by atoms with Crippen molar-refractivity contribution < 1.29 is 4.58 Å². The predicted octanol–water partition coefficient (Wildman–Crippen LogP) is 3.11. The average molecular weight is 211 g/mol. The molecule has 14 heavy (non-hydrogen) atoms. The molecule has 1 nitrogen and oxygen atoms in total. The Balaban J connectivity index is 3.08. The summed E-state index contributed by atoms with van der Waals surface area (Å²) in [6.07, 6.45) is 0. The molecule has 0 bridgehead atoms. The Kier molecular flexibility index (Phi) is 4.15. The lowest BCUT2D eigenvalue weighted by molar-refractivity contribution is -0.552. The molecule has 1 aromatic rings. The molecule has 0 aromatic heterocycles. The smallest absolute Gasteiger partial charge is 0.218 e. The number of nitrogens with zero attached hydrogens (tertiary/aromatic N) is 1. The first kappa shape index (κ1) is 11.3. The van der Waals surface area contributed by atoms with Gasteiger partial charge in [0.05, 0.1) is 5.56 Å². The molecule has 76 valence electrons. The summed E-state index contributed by atoms with van der Waals surface area (Å²) >= 11 is 6.31. The number of hydrogen-bond acceptors (Lipinski definition) is 0. The maximum absolute atomic E-state index is 6.31. The molecular formula is C12H17ClN+. The first-order valence-electron chi connectivity index (χ1n) is 5.01. The van der Waals surface area contributed by atoms with Crippen molar-refractivity contribution in [2.24, 2.45) is 0 Å². The zero-order valence-corrected chi connectivity index (χ0v) is 9.75. The summed E-state index contributed by atoms with van der Waals surface area (Å²) in [7, 11) is 0. The monoisotopic (exact) mass is 210 g/mol. The lowest BCUT2D eigenvalue weighted by Gasteiger charge is -2.07. The second-order valence-electron chi connectivity index (χ2n) is 3.54. The van der Waals surface area contributed by atoms with Crippen molar-refractivity contribution in [2.75, 3.05) is 6.54 Å².